The fourth-order valence-electron chi connectivity index (χ4n) is 8.26. The van der Waals surface area contributed by atoms with Crippen LogP contribution in [0.3, 0.4) is 0 Å². The molecule has 10 aromatic rings. The number of nitrogens with zero attached hydrogens (tertiary/aromatic N) is 3. The lowest BCUT2D eigenvalue weighted by Crippen LogP contribution is -2.02. The van der Waals surface area contributed by atoms with Gasteiger partial charge in [0.15, 0.2) is 17.5 Å². The Morgan fingerprint density at radius 3 is 1.73 bits per heavy atom. The van der Waals surface area contributed by atoms with E-state index in [1.807, 2.05) is 18.2 Å². The fourth-order valence-corrected chi connectivity index (χ4v) is 8.26. The van der Waals surface area contributed by atoms with E-state index in [-0.39, 0.29) is 0 Å². The number of furan rings is 1. The molecule has 258 valence electrons. The standard InChI is InChI=1S/C51H33N3O/c1-2-13-34(14-3-1)49-52-50(39-24-22-33-12-5-7-16-36(33)30-39)54-51(53-49)44-27-26-42(40-17-8-9-18-41(40)44)43-19-10-20-47-48(43)45-31-38(25-28-46(45)55-47)37-23-21-32-11-4-6-15-35(32)29-37/h1-9,11-19,21-31H,10,20H2. The first-order valence-electron chi connectivity index (χ1n) is 18.8. The highest BCUT2D eigenvalue weighted by atomic mass is 16.3. The number of hydrogen-bond acceptors (Lipinski definition) is 4. The summed E-state index contributed by atoms with van der Waals surface area (Å²) in [4.78, 5) is 15.3. The quantitative estimate of drug-likeness (QED) is 0.179. The molecule has 0 saturated carbocycles. The van der Waals surface area contributed by atoms with E-state index in [9.17, 15) is 0 Å². The average molecular weight is 704 g/mol. The van der Waals surface area contributed by atoms with Crippen molar-refractivity contribution in [1.82, 2.24) is 15.0 Å². The first-order chi connectivity index (χ1) is 27.2. The molecule has 0 N–H and O–H groups in total. The van der Waals surface area contributed by atoms with E-state index in [0.29, 0.717) is 17.5 Å². The van der Waals surface area contributed by atoms with Crippen molar-refractivity contribution >= 4 is 48.9 Å². The predicted octanol–water partition coefficient (Wildman–Crippen LogP) is 13.1. The van der Waals surface area contributed by atoms with Crippen molar-refractivity contribution in [3.63, 3.8) is 0 Å². The van der Waals surface area contributed by atoms with Crippen LogP contribution in [-0.2, 0) is 6.42 Å². The summed E-state index contributed by atoms with van der Waals surface area (Å²) in [6, 6.07) is 59.9. The molecule has 0 fully saturated rings. The third kappa shape index (κ3) is 5.42. The van der Waals surface area contributed by atoms with Crippen LogP contribution in [0.5, 0.6) is 0 Å². The maximum Gasteiger partial charge on any atom is 0.164 e. The lowest BCUT2D eigenvalue weighted by atomic mass is 9.85. The van der Waals surface area contributed by atoms with Crippen LogP contribution in [0.25, 0.3) is 94.2 Å². The number of allylic oxidation sites excluding steroid dienone is 1. The minimum atomic E-state index is 0.645. The molecule has 0 saturated heterocycles. The average Bonchev–Trinajstić information content (AvgIpc) is 3.64. The second-order valence-electron chi connectivity index (χ2n) is 14.3. The van der Waals surface area contributed by atoms with Gasteiger partial charge in [0.25, 0.3) is 0 Å². The van der Waals surface area contributed by atoms with Crippen LogP contribution in [-0.4, -0.2) is 15.0 Å². The molecule has 4 heteroatoms. The zero-order valence-corrected chi connectivity index (χ0v) is 29.9. The Morgan fingerprint density at radius 2 is 0.964 bits per heavy atom. The first-order valence-corrected chi connectivity index (χ1v) is 18.8. The fraction of sp³-hybridized carbons (Fsp3) is 0.0392. The number of hydrogen-bond donors (Lipinski definition) is 0. The van der Waals surface area contributed by atoms with Gasteiger partial charge in [-0.3, -0.25) is 0 Å². The van der Waals surface area contributed by atoms with E-state index in [2.05, 4.69) is 158 Å². The highest BCUT2D eigenvalue weighted by Crippen LogP contribution is 2.44. The van der Waals surface area contributed by atoms with E-state index in [1.54, 1.807) is 0 Å². The molecular formula is C51H33N3O. The summed E-state index contributed by atoms with van der Waals surface area (Å²) >= 11 is 0. The van der Waals surface area contributed by atoms with Crippen LogP contribution in [0, 0.1) is 0 Å². The largest absolute Gasteiger partial charge is 0.460 e. The zero-order valence-electron chi connectivity index (χ0n) is 29.9. The normalized spacial score (nSPS) is 12.7. The van der Waals surface area contributed by atoms with Gasteiger partial charge in [-0.25, -0.2) is 15.0 Å². The van der Waals surface area contributed by atoms with E-state index in [0.717, 1.165) is 62.4 Å². The van der Waals surface area contributed by atoms with Gasteiger partial charge in [0.05, 0.1) is 0 Å². The van der Waals surface area contributed by atoms with Crippen molar-refractivity contribution in [3.8, 4) is 45.3 Å². The van der Waals surface area contributed by atoms with Crippen molar-refractivity contribution in [1.29, 1.82) is 0 Å². The second kappa shape index (κ2) is 12.8. The van der Waals surface area contributed by atoms with E-state index < -0.39 is 0 Å². The Kier molecular flexibility index (Phi) is 7.27. The summed E-state index contributed by atoms with van der Waals surface area (Å²) < 4.78 is 6.58. The van der Waals surface area contributed by atoms with Crippen LogP contribution < -0.4 is 0 Å². The van der Waals surface area contributed by atoms with Gasteiger partial charge in [-0.1, -0.05) is 146 Å². The molecule has 0 aliphatic heterocycles. The third-order valence-electron chi connectivity index (χ3n) is 11.0. The summed E-state index contributed by atoms with van der Waals surface area (Å²) in [5.41, 5.74) is 9.73. The molecule has 0 amide bonds. The highest BCUT2D eigenvalue weighted by molar-refractivity contribution is 6.08. The number of benzene rings is 8. The Hall–Kier alpha value is -7.17. The number of aromatic nitrogens is 3. The monoisotopic (exact) mass is 703 g/mol. The van der Waals surface area contributed by atoms with Crippen molar-refractivity contribution in [2.45, 2.75) is 12.8 Å². The van der Waals surface area contributed by atoms with Gasteiger partial charge in [-0.05, 0) is 91.3 Å². The molecule has 1 aliphatic carbocycles. The smallest absolute Gasteiger partial charge is 0.164 e. The minimum Gasteiger partial charge on any atom is -0.460 e. The summed E-state index contributed by atoms with van der Waals surface area (Å²) in [6.07, 6.45) is 4.17. The molecule has 4 nitrogen and oxygen atoms in total. The maximum atomic E-state index is 6.58. The SMILES string of the molecule is C1=C(c2ccc(-c3nc(-c4ccccc4)nc(-c4ccc5ccccc5c4)n3)c3ccccc23)c2c(oc3ccc(-c4ccc5ccccc5c4)cc23)CC1. The molecule has 0 unspecified atom stereocenters. The van der Waals surface area contributed by atoms with Crippen molar-refractivity contribution in [2.24, 2.45) is 0 Å². The molecule has 0 spiro atoms. The highest BCUT2D eigenvalue weighted by Gasteiger charge is 2.25. The molecule has 0 bridgehead atoms. The Bertz CT molecular complexity index is 3160. The van der Waals surface area contributed by atoms with Crippen molar-refractivity contribution in [2.75, 3.05) is 0 Å². The predicted molar refractivity (Wildman–Crippen MR) is 226 cm³/mol. The molecule has 2 aromatic heterocycles. The van der Waals surface area contributed by atoms with Gasteiger partial charge >= 0.3 is 0 Å². The van der Waals surface area contributed by atoms with Crippen molar-refractivity contribution < 1.29 is 4.42 Å². The zero-order chi connectivity index (χ0) is 36.3. The van der Waals surface area contributed by atoms with E-state index in [1.165, 1.54) is 44.0 Å². The van der Waals surface area contributed by atoms with Gasteiger partial charge in [0, 0.05) is 34.1 Å². The van der Waals surface area contributed by atoms with Crippen molar-refractivity contribution in [3.05, 3.63) is 193 Å². The number of rotatable bonds is 5. The van der Waals surface area contributed by atoms with Crippen LogP contribution in [0.15, 0.2) is 180 Å². The lowest BCUT2D eigenvalue weighted by Gasteiger charge is -2.18. The van der Waals surface area contributed by atoms with Crippen LogP contribution >= 0.6 is 0 Å². The third-order valence-corrected chi connectivity index (χ3v) is 11.0. The topological polar surface area (TPSA) is 51.8 Å². The Balaban J connectivity index is 1.06. The molecule has 11 rings (SSSR count). The second-order valence-corrected chi connectivity index (χ2v) is 14.3. The van der Waals surface area contributed by atoms with Crippen LogP contribution in [0.1, 0.15) is 23.3 Å². The van der Waals surface area contributed by atoms with Gasteiger partial charge in [-0.2, -0.15) is 0 Å². The summed E-state index contributed by atoms with van der Waals surface area (Å²) in [5.74, 6) is 2.98. The maximum absolute atomic E-state index is 6.58. The number of aryl methyl sites for hydroxylation is 1. The molecule has 1 aliphatic rings. The summed E-state index contributed by atoms with van der Waals surface area (Å²) in [7, 11) is 0. The Labute approximate surface area is 318 Å². The molecule has 55 heavy (non-hydrogen) atoms. The van der Waals surface area contributed by atoms with Crippen LogP contribution in [0.4, 0.5) is 0 Å². The number of fused-ring (bicyclic) bond motifs is 6. The molecule has 0 radical (unpaired) electrons. The molecule has 0 atom stereocenters. The van der Waals surface area contributed by atoms with Gasteiger partial charge in [0.2, 0.25) is 0 Å². The van der Waals surface area contributed by atoms with E-state index >= 15 is 0 Å². The first kappa shape index (κ1) is 31.4. The molecule has 8 aromatic carbocycles. The van der Waals surface area contributed by atoms with Gasteiger partial charge in [-0.15, -0.1) is 0 Å². The van der Waals surface area contributed by atoms with Gasteiger partial charge in [0.1, 0.15) is 11.3 Å². The summed E-state index contributed by atoms with van der Waals surface area (Å²) in [5, 5.41) is 8.19. The van der Waals surface area contributed by atoms with Crippen LogP contribution in [0.2, 0.25) is 0 Å². The molecular weight excluding hydrogens is 671 g/mol. The Morgan fingerprint density at radius 1 is 0.400 bits per heavy atom. The van der Waals surface area contributed by atoms with E-state index in [4.69, 9.17) is 19.4 Å². The van der Waals surface area contributed by atoms with Gasteiger partial charge < -0.3 is 4.42 Å². The minimum absolute atomic E-state index is 0.645. The summed E-state index contributed by atoms with van der Waals surface area (Å²) in [6.45, 7) is 0. The lowest BCUT2D eigenvalue weighted by molar-refractivity contribution is 0.545. The molecule has 2 heterocycles.